The first-order chi connectivity index (χ1) is 6.83. The zero-order valence-electron chi connectivity index (χ0n) is 7.71. The minimum absolute atomic E-state index is 0.685. The predicted molar refractivity (Wildman–Crippen MR) is 59.3 cm³/mol. The SMILES string of the molecule is CC#Cc1cnc2ccccc2c1Cl. The van der Waals surface area contributed by atoms with E-state index in [1.54, 1.807) is 13.1 Å². The lowest BCUT2D eigenvalue weighted by molar-refractivity contribution is 1.39. The number of halogens is 1. The Balaban J connectivity index is 2.79. The summed E-state index contributed by atoms with van der Waals surface area (Å²) < 4.78 is 0. The number of pyridine rings is 1. The molecule has 0 aliphatic heterocycles. The Morgan fingerprint density at radius 1 is 1.29 bits per heavy atom. The molecule has 0 amide bonds. The Kier molecular flexibility index (Phi) is 2.39. The fourth-order valence-corrected chi connectivity index (χ4v) is 1.59. The summed E-state index contributed by atoms with van der Waals surface area (Å²) in [6.07, 6.45) is 1.71. The Bertz CT molecular complexity index is 535. The molecule has 0 saturated heterocycles. The lowest BCUT2D eigenvalue weighted by Gasteiger charge is -2.00. The van der Waals surface area contributed by atoms with E-state index in [1.807, 2.05) is 24.3 Å². The monoisotopic (exact) mass is 201 g/mol. The van der Waals surface area contributed by atoms with E-state index in [-0.39, 0.29) is 0 Å². The molecule has 14 heavy (non-hydrogen) atoms. The molecule has 0 aliphatic rings. The van der Waals surface area contributed by atoms with Crippen molar-refractivity contribution >= 4 is 22.5 Å². The molecule has 0 radical (unpaired) electrons. The molecule has 1 aromatic carbocycles. The molecule has 2 aromatic rings. The number of para-hydroxylation sites is 1. The molecule has 0 N–H and O–H groups in total. The fourth-order valence-electron chi connectivity index (χ4n) is 1.33. The van der Waals surface area contributed by atoms with E-state index >= 15 is 0 Å². The van der Waals surface area contributed by atoms with Gasteiger partial charge in [0.05, 0.1) is 16.1 Å². The van der Waals surface area contributed by atoms with Crippen LogP contribution in [0.3, 0.4) is 0 Å². The van der Waals surface area contributed by atoms with E-state index < -0.39 is 0 Å². The van der Waals surface area contributed by atoms with Crippen LogP contribution in [0.1, 0.15) is 12.5 Å². The van der Waals surface area contributed by atoms with E-state index in [1.165, 1.54) is 0 Å². The molecular weight excluding hydrogens is 194 g/mol. The Hall–Kier alpha value is -1.52. The first kappa shape index (κ1) is 9.05. The Labute approximate surface area is 87.7 Å². The summed E-state index contributed by atoms with van der Waals surface area (Å²) in [6.45, 7) is 1.78. The molecule has 0 unspecified atom stereocenters. The second kappa shape index (κ2) is 3.69. The van der Waals surface area contributed by atoms with Crippen molar-refractivity contribution in [3.05, 3.63) is 41.0 Å². The number of rotatable bonds is 0. The number of aromatic nitrogens is 1. The van der Waals surface area contributed by atoms with Gasteiger partial charge in [0.15, 0.2) is 0 Å². The van der Waals surface area contributed by atoms with E-state index in [9.17, 15) is 0 Å². The van der Waals surface area contributed by atoms with Crippen molar-refractivity contribution < 1.29 is 0 Å². The molecule has 2 rings (SSSR count). The fraction of sp³-hybridized carbons (Fsp3) is 0.0833. The molecule has 0 spiro atoms. The van der Waals surface area contributed by atoms with Gasteiger partial charge in [-0.3, -0.25) is 4.98 Å². The summed E-state index contributed by atoms with van der Waals surface area (Å²) in [5.74, 6) is 5.74. The van der Waals surface area contributed by atoms with Crippen molar-refractivity contribution in [3.8, 4) is 11.8 Å². The highest BCUT2D eigenvalue weighted by atomic mass is 35.5. The van der Waals surface area contributed by atoms with Gasteiger partial charge in [-0.25, -0.2) is 0 Å². The van der Waals surface area contributed by atoms with E-state index in [2.05, 4.69) is 16.8 Å². The summed E-state index contributed by atoms with van der Waals surface area (Å²) in [4.78, 5) is 4.27. The van der Waals surface area contributed by atoms with Crippen molar-refractivity contribution in [2.45, 2.75) is 6.92 Å². The average Bonchev–Trinajstić information content (AvgIpc) is 2.23. The van der Waals surface area contributed by atoms with Crippen molar-refractivity contribution in [2.75, 3.05) is 0 Å². The van der Waals surface area contributed by atoms with Crippen molar-refractivity contribution in [2.24, 2.45) is 0 Å². The van der Waals surface area contributed by atoms with Crippen LogP contribution in [-0.2, 0) is 0 Å². The molecule has 0 atom stereocenters. The van der Waals surface area contributed by atoms with Gasteiger partial charge < -0.3 is 0 Å². The quantitative estimate of drug-likeness (QED) is 0.597. The summed E-state index contributed by atoms with van der Waals surface area (Å²) in [5.41, 5.74) is 1.69. The summed E-state index contributed by atoms with van der Waals surface area (Å²) >= 11 is 6.18. The van der Waals surface area contributed by atoms with Gasteiger partial charge in [0.25, 0.3) is 0 Å². The third-order valence-corrected chi connectivity index (χ3v) is 2.38. The van der Waals surface area contributed by atoms with E-state index in [0.29, 0.717) is 5.02 Å². The average molecular weight is 202 g/mol. The van der Waals surface area contributed by atoms with Crippen LogP contribution < -0.4 is 0 Å². The molecule has 68 valence electrons. The Morgan fingerprint density at radius 2 is 2.07 bits per heavy atom. The number of fused-ring (bicyclic) bond motifs is 1. The number of hydrogen-bond acceptors (Lipinski definition) is 1. The van der Waals surface area contributed by atoms with E-state index in [4.69, 9.17) is 11.6 Å². The van der Waals surface area contributed by atoms with Gasteiger partial charge in [-0.2, -0.15) is 0 Å². The summed E-state index contributed by atoms with van der Waals surface area (Å²) in [6, 6.07) is 7.77. The van der Waals surface area contributed by atoms with Crippen LogP contribution in [0.2, 0.25) is 5.02 Å². The van der Waals surface area contributed by atoms with Gasteiger partial charge in [-0.1, -0.05) is 35.7 Å². The maximum absolute atomic E-state index is 6.18. The largest absolute Gasteiger partial charge is 0.255 e. The third kappa shape index (κ3) is 1.45. The second-order valence-electron chi connectivity index (χ2n) is 2.88. The van der Waals surface area contributed by atoms with Crippen LogP contribution in [0.25, 0.3) is 10.9 Å². The molecular formula is C12H8ClN. The van der Waals surface area contributed by atoms with Crippen molar-refractivity contribution in [1.82, 2.24) is 4.98 Å². The number of benzene rings is 1. The molecule has 0 saturated carbocycles. The zero-order valence-corrected chi connectivity index (χ0v) is 8.47. The molecule has 2 heteroatoms. The minimum atomic E-state index is 0.685. The van der Waals surface area contributed by atoms with Gasteiger partial charge >= 0.3 is 0 Å². The van der Waals surface area contributed by atoms with Gasteiger partial charge in [-0.05, 0) is 13.0 Å². The third-order valence-electron chi connectivity index (χ3n) is 1.97. The van der Waals surface area contributed by atoms with Crippen LogP contribution >= 0.6 is 11.6 Å². The molecule has 0 aliphatic carbocycles. The summed E-state index contributed by atoms with van der Waals surface area (Å²) in [5, 5.41) is 1.64. The normalized spacial score (nSPS) is 9.57. The molecule has 1 heterocycles. The maximum Gasteiger partial charge on any atom is 0.0717 e. The second-order valence-corrected chi connectivity index (χ2v) is 3.26. The lowest BCUT2D eigenvalue weighted by atomic mass is 10.1. The predicted octanol–water partition coefficient (Wildman–Crippen LogP) is 3.26. The lowest BCUT2D eigenvalue weighted by Crippen LogP contribution is -1.84. The number of hydrogen-bond donors (Lipinski definition) is 0. The number of nitrogens with zero attached hydrogens (tertiary/aromatic N) is 1. The minimum Gasteiger partial charge on any atom is -0.255 e. The smallest absolute Gasteiger partial charge is 0.0717 e. The molecule has 0 fully saturated rings. The van der Waals surface area contributed by atoms with Crippen molar-refractivity contribution in [3.63, 3.8) is 0 Å². The van der Waals surface area contributed by atoms with Gasteiger partial charge in [-0.15, -0.1) is 5.92 Å². The van der Waals surface area contributed by atoms with Crippen LogP contribution in [0.15, 0.2) is 30.5 Å². The van der Waals surface area contributed by atoms with Gasteiger partial charge in [0.1, 0.15) is 0 Å². The van der Waals surface area contributed by atoms with E-state index in [0.717, 1.165) is 16.5 Å². The summed E-state index contributed by atoms with van der Waals surface area (Å²) in [7, 11) is 0. The highest BCUT2D eigenvalue weighted by Gasteiger charge is 2.03. The maximum atomic E-state index is 6.18. The Morgan fingerprint density at radius 3 is 2.86 bits per heavy atom. The van der Waals surface area contributed by atoms with Crippen molar-refractivity contribution in [1.29, 1.82) is 0 Å². The first-order valence-corrected chi connectivity index (χ1v) is 4.66. The van der Waals surface area contributed by atoms with Crippen LogP contribution in [0.5, 0.6) is 0 Å². The van der Waals surface area contributed by atoms with Crippen LogP contribution in [0.4, 0.5) is 0 Å². The standard InChI is InChI=1S/C12H8ClN/c1-2-5-9-8-14-11-7-4-3-6-10(11)12(9)13/h3-4,6-8H,1H3. The highest BCUT2D eigenvalue weighted by molar-refractivity contribution is 6.36. The first-order valence-electron chi connectivity index (χ1n) is 4.29. The van der Waals surface area contributed by atoms with Crippen LogP contribution in [0, 0.1) is 11.8 Å². The van der Waals surface area contributed by atoms with Gasteiger partial charge in [0, 0.05) is 11.6 Å². The van der Waals surface area contributed by atoms with Gasteiger partial charge in [0.2, 0.25) is 0 Å². The highest BCUT2D eigenvalue weighted by Crippen LogP contribution is 2.24. The molecule has 0 bridgehead atoms. The zero-order chi connectivity index (χ0) is 9.97. The van der Waals surface area contributed by atoms with Crippen LogP contribution in [-0.4, -0.2) is 4.98 Å². The topological polar surface area (TPSA) is 12.9 Å². The molecule has 1 aromatic heterocycles. The molecule has 1 nitrogen and oxygen atoms in total.